The van der Waals surface area contributed by atoms with Crippen LogP contribution in [0.5, 0.6) is 0 Å². The molecule has 8 rings (SSSR count). The van der Waals surface area contributed by atoms with Crippen molar-refractivity contribution in [3.05, 3.63) is 59.7 Å². The summed E-state index contributed by atoms with van der Waals surface area (Å²) in [5.74, 6) is 0.721. The molecule has 4 atom stereocenters. The van der Waals surface area contributed by atoms with Crippen LogP contribution in [0.15, 0.2) is 41.1 Å². The molecule has 4 heterocycles. The Hall–Kier alpha value is -4.88. The van der Waals surface area contributed by atoms with Crippen LogP contribution >= 0.6 is 0 Å². The number of amides is 4. The number of nitrogens with zero attached hydrogens (tertiary/aromatic N) is 5. The summed E-state index contributed by atoms with van der Waals surface area (Å²) < 4.78 is 10.9. The summed E-state index contributed by atoms with van der Waals surface area (Å²) in [7, 11) is 2.76. The van der Waals surface area contributed by atoms with Gasteiger partial charge in [-0.25, -0.2) is 19.6 Å². The zero-order chi connectivity index (χ0) is 39.9. The molecule has 0 unspecified atom stereocenters. The van der Waals surface area contributed by atoms with E-state index in [0.29, 0.717) is 19.0 Å². The number of hydrogen-bond acceptors (Lipinski definition) is 8. The first-order valence-electron chi connectivity index (χ1n) is 20.3. The van der Waals surface area contributed by atoms with Gasteiger partial charge in [0, 0.05) is 25.6 Å². The monoisotopic (exact) mass is 771 g/mol. The number of alkyl carbamates (subject to hydrolysis) is 1. The van der Waals surface area contributed by atoms with Gasteiger partial charge in [0.2, 0.25) is 17.7 Å². The summed E-state index contributed by atoms with van der Waals surface area (Å²) in [6.45, 7) is 8.73. The van der Waals surface area contributed by atoms with Gasteiger partial charge in [-0.15, -0.1) is 0 Å². The lowest BCUT2D eigenvalue weighted by Crippen LogP contribution is -2.51. The van der Waals surface area contributed by atoms with Crippen LogP contribution in [0.25, 0.3) is 11.3 Å². The number of oxazole rings is 1. The van der Waals surface area contributed by atoms with Gasteiger partial charge >= 0.3 is 12.2 Å². The number of methoxy groups -OCH3 is 1. The fourth-order valence-corrected chi connectivity index (χ4v) is 10.0. The number of rotatable bonds is 11. The Morgan fingerprint density at radius 3 is 2.11 bits per heavy atom. The number of aromatic amines is 1. The second-order valence-electron chi connectivity index (χ2n) is 17.2. The number of ether oxygens (including phenoxy) is 1. The molecule has 3 N–H and O–H groups in total. The highest BCUT2D eigenvalue weighted by molar-refractivity contribution is 5.87. The molecule has 2 aromatic heterocycles. The highest BCUT2D eigenvalue weighted by Gasteiger charge is 2.52. The Kier molecular flexibility index (Phi) is 10.9. The largest absolute Gasteiger partial charge is 0.465 e. The molecule has 56 heavy (non-hydrogen) atoms. The number of imidazole rings is 1. The van der Waals surface area contributed by atoms with Crippen LogP contribution in [0, 0.1) is 11.8 Å². The molecule has 1 aromatic carbocycles. The maximum atomic E-state index is 13.7. The van der Waals surface area contributed by atoms with Gasteiger partial charge in [-0.1, -0.05) is 52.0 Å². The Bertz CT molecular complexity index is 1890. The molecule has 3 saturated carbocycles. The Morgan fingerprint density at radius 2 is 1.52 bits per heavy atom. The molecule has 2 saturated heterocycles. The Balaban J connectivity index is 1.000. The number of carbonyl (C=O) groups excluding carboxylic acids is 3. The van der Waals surface area contributed by atoms with Crippen molar-refractivity contribution in [1.82, 2.24) is 35.0 Å². The first kappa shape index (κ1) is 39.4. The number of fused-ring (bicyclic) bond motifs is 3. The highest BCUT2D eigenvalue weighted by Crippen LogP contribution is 2.58. The van der Waals surface area contributed by atoms with Gasteiger partial charge in [0.15, 0.2) is 0 Å². The summed E-state index contributed by atoms with van der Waals surface area (Å²) in [5, 5.41) is 12.3. The minimum atomic E-state index is -1.12. The topological polar surface area (TPSA) is 174 Å². The molecular formula is C42H57N7O7. The van der Waals surface area contributed by atoms with Crippen molar-refractivity contribution in [1.29, 1.82) is 0 Å². The minimum Gasteiger partial charge on any atom is -0.465 e. The molecule has 14 heteroatoms. The molecule has 4 amide bonds. The predicted octanol–water partition coefficient (Wildman–Crippen LogP) is 6.95. The standard InChI is InChI=1S/C42H57N7O7/c1-25(2)33(46-39(52)55-6)37(50)48-21-7-9-30(48)35-43-23-29(44-35)27-11-13-28(14-12-27)41-15-18-42(19-16-41,20-17-41)32-24-56-36(45-32)31-10-8-22-49(31)38(51)34(26(3)4)47(5)40(53)54/h11-14,23-26,30-31,33-34H,7-10,15-22H2,1-6H3,(H,43,44)(H,46,52)(H,53,54)/t30-,31-,33-,34-,41?,42?/m0/s1. The zero-order valence-electron chi connectivity index (χ0n) is 33.5. The van der Waals surface area contributed by atoms with Crippen molar-refractivity contribution in [3.63, 3.8) is 0 Å². The van der Waals surface area contributed by atoms with Gasteiger partial charge in [-0.3, -0.25) is 14.5 Å². The normalized spacial score (nSPS) is 25.8. The molecule has 2 bridgehead atoms. The van der Waals surface area contributed by atoms with Crippen molar-refractivity contribution in [2.75, 3.05) is 27.2 Å². The predicted molar refractivity (Wildman–Crippen MR) is 208 cm³/mol. The van der Waals surface area contributed by atoms with Gasteiger partial charge in [-0.2, -0.15) is 0 Å². The third kappa shape index (κ3) is 7.15. The van der Waals surface area contributed by atoms with E-state index in [1.54, 1.807) is 4.90 Å². The average Bonchev–Trinajstić information content (AvgIpc) is 4.04. The summed E-state index contributed by atoms with van der Waals surface area (Å²) in [4.78, 5) is 69.1. The number of benzene rings is 1. The van der Waals surface area contributed by atoms with Crippen LogP contribution in [0.3, 0.4) is 0 Å². The third-order valence-electron chi connectivity index (χ3n) is 13.4. The minimum absolute atomic E-state index is 0.0484. The zero-order valence-corrected chi connectivity index (χ0v) is 33.5. The summed E-state index contributed by atoms with van der Waals surface area (Å²) in [6.07, 6.45) is 11.4. The van der Waals surface area contributed by atoms with Crippen LogP contribution in [0.1, 0.15) is 127 Å². The third-order valence-corrected chi connectivity index (χ3v) is 13.4. The first-order chi connectivity index (χ1) is 26.8. The molecule has 2 aliphatic heterocycles. The molecular weight excluding hydrogens is 715 g/mol. The van der Waals surface area contributed by atoms with Crippen LogP contribution in [0.4, 0.5) is 9.59 Å². The highest BCUT2D eigenvalue weighted by atomic mass is 16.5. The van der Waals surface area contributed by atoms with Crippen molar-refractivity contribution in [2.24, 2.45) is 11.8 Å². The van der Waals surface area contributed by atoms with Gasteiger partial charge in [0.25, 0.3) is 0 Å². The summed E-state index contributed by atoms with van der Waals surface area (Å²) >= 11 is 0. The molecule has 5 aliphatic rings. The quantitative estimate of drug-likeness (QED) is 0.186. The van der Waals surface area contributed by atoms with E-state index in [1.807, 2.05) is 45.1 Å². The van der Waals surface area contributed by atoms with Crippen molar-refractivity contribution in [2.45, 2.75) is 127 Å². The van der Waals surface area contributed by atoms with Crippen molar-refractivity contribution < 1.29 is 33.4 Å². The second kappa shape index (κ2) is 15.6. The Morgan fingerprint density at radius 1 is 0.911 bits per heavy atom. The summed E-state index contributed by atoms with van der Waals surface area (Å²) in [5.41, 5.74) is 4.34. The van der Waals surface area contributed by atoms with Crippen LogP contribution in [-0.4, -0.2) is 98.1 Å². The van der Waals surface area contributed by atoms with Gasteiger partial charge in [-0.05, 0) is 92.6 Å². The molecule has 14 nitrogen and oxygen atoms in total. The molecule has 0 radical (unpaired) electrons. The number of carboxylic acid groups (broad SMARTS) is 1. The number of nitrogens with one attached hydrogen (secondary N) is 2. The number of likely N-dealkylation sites (tertiary alicyclic amines) is 2. The van der Waals surface area contributed by atoms with E-state index in [4.69, 9.17) is 19.1 Å². The lowest BCUT2D eigenvalue weighted by Gasteiger charge is -2.53. The van der Waals surface area contributed by atoms with Gasteiger partial charge in [0.05, 0.1) is 30.7 Å². The molecule has 3 aliphatic carbocycles. The van der Waals surface area contributed by atoms with Crippen LogP contribution in [0.2, 0.25) is 0 Å². The van der Waals surface area contributed by atoms with E-state index < -0.39 is 24.3 Å². The number of likely N-dealkylation sites (N-methyl/N-ethyl adjacent to an activating group) is 1. The van der Waals surface area contributed by atoms with Gasteiger partial charge in [0.1, 0.15) is 30.2 Å². The molecule has 302 valence electrons. The molecule has 0 spiro atoms. The first-order valence-corrected chi connectivity index (χ1v) is 20.3. The number of carbonyl (C=O) groups is 4. The van der Waals surface area contributed by atoms with E-state index in [-0.39, 0.29) is 46.6 Å². The van der Waals surface area contributed by atoms with Crippen molar-refractivity contribution in [3.8, 4) is 11.3 Å². The lowest BCUT2D eigenvalue weighted by molar-refractivity contribution is -0.139. The molecule has 3 aromatic rings. The lowest BCUT2D eigenvalue weighted by atomic mass is 9.51. The number of hydrogen-bond donors (Lipinski definition) is 3. The maximum Gasteiger partial charge on any atom is 0.407 e. The van der Waals surface area contributed by atoms with Gasteiger partial charge < -0.3 is 34.4 Å². The Labute approximate surface area is 328 Å². The SMILES string of the molecule is COC(=O)N[C@H](C(=O)N1CCC[C@H]1c1ncc(-c2ccc(C34CCC(c5coc([C@@H]6CCCN6C(=O)[C@H](C(C)C)N(C)C(=O)O)n5)(CC3)CC4)cc2)[nH]1)C(C)C. The van der Waals surface area contributed by atoms with E-state index >= 15 is 0 Å². The van der Waals surface area contributed by atoms with E-state index in [2.05, 4.69) is 34.6 Å². The van der Waals surface area contributed by atoms with E-state index in [1.165, 1.54) is 19.7 Å². The maximum absolute atomic E-state index is 13.7. The fraction of sp³-hybridized carbons (Fsp3) is 0.619. The average molecular weight is 772 g/mol. The van der Waals surface area contributed by atoms with E-state index in [0.717, 1.165) is 91.9 Å². The van der Waals surface area contributed by atoms with Crippen LogP contribution in [-0.2, 0) is 25.2 Å². The number of H-pyrrole nitrogens is 1. The van der Waals surface area contributed by atoms with Crippen LogP contribution < -0.4 is 5.32 Å². The van der Waals surface area contributed by atoms with Crippen molar-refractivity contribution >= 4 is 24.0 Å². The summed E-state index contributed by atoms with van der Waals surface area (Å²) in [6, 6.07) is 6.93. The molecule has 5 fully saturated rings. The smallest absolute Gasteiger partial charge is 0.407 e. The van der Waals surface area contributed by atoms with E-state index in [9.17, 15) is 24.3 Å². The number of aromatic nitrogens is 3. The fourth-order valence-electron chi connectivity index (χ4n) is 10.0. The second-order valence-corrected chi connectivity index (χ2v) is 17.2.